The molecule has 0 saturated heterocycles. The van der Waals surface area contributed by atoms with E-state index in [0.717, 1.165) is 36.1 Å². The summed E-state index contributed by atoms with van der Waals surface area (Å²) < 4.78 is 7.05. The Morgan fingerprint density at radius 1 is 1.08 bits per heavy atom. The van der Waals surface area contributed by atoms with Crippen molar-refractivity contribution < 1.29 is 19.1 Å². The quantitative estimate of drug-likeness (QED) is 0.230. The summed E-state index contributed by atoms with van der Waals surface area (Å²) in [6.07, 6.45) is 3.79. The number of thioether (sulfide) groups is 1. The second-order valence-electron chi connectivity index (χ2n) is 8.47. The second kappa shape index (κ2) is 13.0. The van der Waals surface area contributed by atoms with E-state index in [-0.39, 0.29) is 30.6 Å². The van der Waals surface area contributed by atoms with Crippen LogP contribution in [-0.4, -0.2) is 44.9 Å². The standard InChI is InChI=1S/C25H27Cl2N5O4S2/c1-3-32-19(12-20(33)28-14-9-10-16(26)17(27)11-14)30-31-25(32)37-13-21(34)29-23-22(24(35)36-4-2)15-7-5-6-8-18(15)38-23/h9-11H,3-8,12-13H2,1-2H3,(H,28,33)(H,29,34). The highest BCUT2D eigenvalue weighted by atomic mass is 35.5. The Morgan fingerprint density at radius 2 is 1.87 bits per heavy atom. The van der Waals surface area contributed by atoms with Gasteiger partial charge in [-0.05, 0) is 63.3 Å². The predicted octanol–water partition coefficient (Wildman–Crippen LogP) is 5.63. The van der Waals surface area contributed by atoms with Gasteiger partial charge in [0.25, 0.3) is 0 Å². The van der Waals surface area contributed by atoms with Gasteiger partial charge in [0.2, 0.25) is 11.8 Å². The molecule has 2 heterocycles. The molecule has 202 valence electrons. The van der Waals surface area contributed by atoms with Gasteiger partial charge in [-0.25, -0.2) is 4.79 Å². The van der Waals surface area contributed by atoms with E-state index in [0.29, 0.717) is 43.8 Å². The third kappa shape index (κ3) is 6.69. The minimum absolute atomic E-state index is 0.00249. The zero-order valence-corrected chi connectivity index (χ0v) is 24.1. The number of amides is 2. The fraction of sp³-hybridized carbons (Fsp3) is 0.400. The molecule has 0 bridgehead atoms. The van der Waals surface area contributed by atoms with Crippen molar-refractivity contribution in [1.82, 2.24) is 14.8 Å². The van der Waals surface area contributed by atoms with Crippen LogP contribution in [0.15, 0.2) is 23.4 Å². The molecule has 0 unspecified atom stereocenters. The molecule has 2 amide bonds. The first kappa shape index (κ1) is 28.4. The molecular formula is C25H27Cl2N5O4S2. The molecule has 38 heavy (non-hydrogen) atoms. The highest BCUT2D eigenvalue weighted by Gasteiger charge is 2.27. The number of anilines is 2. The first-order valence-electron chi connectivity index (χ1n) is 12.2. The largest absolute Gasteiger partial charge is 0.462 e. The van der Waals surface area contributed by atoms with E-state index in [4.69, 9.17) is 27.9 Å². The average Bonchev–Trinajstić information content (AvgIpc) is 3.45. The normalized spacial score (nSPS) is 12.6. The molecule has 0 saturated carbocycles. The molecule has 1 aliphatic carbocycles. The number of esters is 1. The third-order valence-corrected chi connectivity index (χ3v) is 8.78. The Morgan fingerprint density at radius 3 is 2.61 bits per heavy atom. The smallest absolute Gasteiger partial charge is 0.341 e. The molecule has 1 aromatic carbocycles. The monoisotopic (exact) mass is 595 g/mol. The first-order chi connectivity index (χ1) is 18.3. The molecule has 4 rings (SSSR count). The number of nitrogens with zero attached hydrogens (tertiary/aromatic N) is 3. The molecule has 2 aromatic heterocycles. The Labute approximate surface area is 238 Å². The van der Waals surface area contributed by atoms with E-state index in [1.54, 1.807) is 29.7 Å². The second-order valence-corrected chi connectivity index (χ2v) is 11.3. The highest BCUT2D eigenvalue weighted by Crippen LogP contribution is 2.38. The topological polar surface area (TPSA) is 115 Å². The highest BCUT2D eigenvalue weighted by molar-refractivity contribution is 7.99. The number of halogens is 2. The fourth-order valence-corrected chi connectivity index (χ4v) is 6.58. The summed E-state index contributed by atoms with van der Waals surface area (Å²) in [5, 5.41) is 15.8. The number of fused-ring (bicyclic) bond motifs is 1. The van der Waals surface area contributed by atoms with Gasteiger partial charge in [-0.2, -0.15) is 0 Å². The van der Waals surface area contributed by atoms with E-state index < -0.39 is 5.97 Å². The van der Waals surface area contributed by atoms with E-state index in [1.165, 1.54) is 23.1 Å². The van der Waals surface area contributed by atoms with Gasteiger partial charge < -0.3 is 19.9 Å². The van der Waals surface area contributed by atoms with Crippen molar-refractivity contribution in [2.24, 2.45) is 0 Å². The lowest BCUT2D eigenvalue weighted by Gasteiger charge is -2.12. The number of hydrogen-bond acceptors (Lipinski definition) is 8. The minimum atomic E-state index is -0.399. The number of nitrogens with one attached hydrogen (secondary N) is 2. The van der Waals surface area contributed by atoms with Crippen molar-refractivity contribution in [2.45, 2.75) is 57.7 Å². The van der Waals surface area contributed by atoms with Crippen LogP contribution >= 0.6 is 46.3 Å². The van der Waals surface area contributed by atoms with E-state index in [9.17, 15) is 14.4 Å². The summed E-state index contributed by atoms with van der Waals surface area (Å²) in [5.74, 6) is -0.400. The molecule has 0 fully saturated rings. The van der Waals surface area contributed by atoms with Crippen LogP contribution in [0.1, 0.15) is 53.3 Å². The van der Waals surface area contributed by atoms with Crippen LogP contribution in [0.25, 0.3) is 0 Å². The lowest BCUT2D eigenvalue weighted by molar-refractivity contribution is -0.116. The summed E-state index contributed by atoms with van der Waals surface area (Å²) in [6.45, 7) is 4.47. The van der Waals surface area contributed by atoms with E-state index in [2.05, 4.69) is 20.8 Å². The van der Waals surface area contributed by atoms with Gasteiger partial charge in [0, 0.05) is 17.1 Å². The SMILES string of the molecule is CCOC(=O)c1c(NC(=O)CSc2nnc(CC(=O)Nc3ccc(Cl)c(Cl)c3)n2CC)sc2c1CCCC2. The van der Waals surface area contributed by atoms with Gasteiger partial charge in [0.05, 0.1) is 34.4 Å². The summed E-state index contributed by atoms with van der Waals surface area (Å²) in [6, 6.07) is 4.84. The van der Waals surface area contributed by atoms with Crippen molar-refractivity contribution in [2.75, 3.05) is 23.0 Å². The van der Waals surface area contributed by atoms with Crippen LogP contribution in [0.3, 0.4) is 0 Å². The number of carbonyl (C=O) groups excluding carboxylic acids is 3. The number of aryl methyl sites for hydroxylation is 1. The van der Waals surface area contributed by atoms with Gasteiger partial charge in [0.1, 0.15) is 10.8 Å². The summed E-state index contributed by atoms with van der Waals surface area (Å²) in [4.78, 5) is 39.2. The first-order valence-corrected chi connectivity index (χ1v) is 14.8. The Hall–Kier alpha value is -2.60. The van der Waals surface area contributed by atoms with Gasteiger partial charge >= 0.3 is 5.97 Å². The molecular weight excluding hydrogens is 569 g/mol. The van der Waals surface area contributed by atoms with Crippen LogP contribution < -0.4 is 10.6 Å². The molecule has 3 aromatic rings. The van der Waals surface area contributed by atoms with Crippen LogP contribution in [0.5, 0.6) is 0 Å². The Balaban J connectivity index is 1.39. The summed E-state index contributed by atoms with van der Waals surface area (Å²) >= 11 is 14.6. The molecule has 0 radical (unpaired) electrons. The molecule has 9 nitrogen and oxygen atoms in total. The summed E-state index contributed by atoms with van der Waals surface area (Å²) in [5.41, 5.74) is 2.00. The maximum absolute atomic E-state index is 12.9. The van der Waals surface area contributed by atoms with Crippen molar-refractivity contribution in [3.05, 3.63) is 50.1 Å². The Bertz CT molecular complexity index is 1360. The number of thiophene rings is 1. The van der Waals surface area contributed by atoms with Crippen LogP contribution in [0.4, 0.5) is 10.7 Å². The number of carbonyl (C=O) groups is 3. The van der Waals surface area contributed by atoms with Crippen LogP contribution in [0, 0.1) is 0 Å². The molecule has 1 aliphatic rings. The zero-order valence-electron chi connectivity index (χ0n) is 20.9. The molecule has 0 aliphatic heterocycles. The molecule has 0 spiro atoms. The average molecular weight is 597 g/mol. The van der Waals surface area contributed by atoms with Crippen molar-refractivity contribution in [1.29, 1.82) is 0 Å². The predicted molar refractivity (Wildman–Crippen MR) is 151 cm³/mol. The molecule has 13 heteroatoms. The van der Waals surface area contributed by atoms with Crippen molar-refractivity contribution in [3.8, 4) is 0 Å². The number of ether oxygens (including phenoxy) is 1. The van der Waals surface area contributed by atoms with Crippen molar-refractivity contribution >= 4 is 74.8 Å². The molecule has 2 N–H and O–H groups in total. The lowest BCUT2D eigenvalue weighted by atomic mass is 9.95. The van der Waals surface area contributed by atoms with Crippen LogP contribution in [0.2, 0.25) is 10.0 Å². The van der Waals surface area contributed by atoms with Crippen molar-refractivity contribution in [3.63, 3.8) is 0 Å². The lowest BCUT2D eigenvalue weighted by Crippen LogP contribution is -2.18. The Kier molecular flexibility index (Phi) is 9.69. The van der Waals surface area contributed by atoms with Gasteiger partial charge in [-0.3, -0.25) is 9.59 Å². The third-order valence-electron chi connectivity index (χ3n) is 5.87. The van der Waals surface area contributed by atoms with Gasteiger partial charge in [-0.1, -0.05) is 35.0 Å². The van der Waals surface area contributed by atoms with E-state index in [1.807, 2.05) is 6.92 Å². The van der Waals surface area contributed by atoms with Gasteiger partial charge in [-0.15, -0.1) is 21.5 Å². The number of benzene rings is 1. The number of hydrogen-bond donors (Lipinski definition) is 2. The fourth-order valence-electron chi connectivity index (χ4n) is 4.16. The van der Waals surface area contributed by atoms with Gasteiger partial charge in [0.15, 0.2) is 5.16 Å². The maximum Gasteiger partial charge on any atom is 0.341 e. The minimum Gasteiger partial charge on any atom is -0.462 e. The van der Waals surface area contributed by atoms with E-state index >= 15 is 0 Å². The van der Waals surface area contributed by atoms with Crippen LogP contribution in [-0.2, 0) is 40.1 Å². The summed E-state index contributed by atoms with van der Waals surface area (Å²) in [7, 11) is 0. The number of rotatable bonds is 10. The zero-order chi connectivity index (χ0) is 27.2. The maximum atomic E-state index is 12.9. The molecule has 0 atom stereocenters. The number of aromatic nitrogens is 3.